The van der Waals surface area contributed by atoms with Crippen molar-refractivity contribution in [3.63, 3.8) is 0 Å². The summed E-state index contributed by atoms with van der Waals surface area (Å²) in [6, 6.07) is -6.60. The molecule has 1 saturated heterocycles. The van der Waals surface area contributed by atoms with Crippen molar-refractivity contribution in [2.75, 3.05) is 27.2 Å². The summed E-state index contributed by atoms with van der Waals surface area (Å²) in [6.45, 7) is -7.21. The maximum Gasteiger partial charge on any atom is 0.323 e. The minimum absolute atomic E-state index is 0.147. The number of hydrogen-bond donors (Lipinski definition) is 1. The van der Waals surface area contributed by atoms with E-state index in [4.69, 9.17) is 43.2 Å². The zero-order valence-corrected chi connectivity index (χ0v) is 17.1. The van der Waals surface area contributed by atoms with Crippen LogP contribution in [0.1, 0.15) is 80.9 Å². The molecule has 2 aliphatic rings. The lowest BCUT2D eigenvalue weighted by Gasteiger charge is -2.47. The highest BCUT2D eigenvalue weighted by Gasteiger charge is 2.41. The fourth-order valence-electron chi connectivity index (χ4n) is 3.88. The summed E-state index contributed by atoms with van der Waals surface area (Å²) in [5.41, 5.74) is 4.75. The Kier molecular flexibility index (Phi) is 2.99. The summed E-state index contributed by atoms with van der Waals surface area (Å²) < 4.78 is 154. The van der Waals surface area contributed by atoms with Gasteiger partial charge in [-0.25, -0.2) is 0 Å². The average Bonchev–Trinajstić information content (AvgIpc) is 2.87. The molecule has 0 radical (unpaired) electrons. The molecule has 1 aromatic rings. The first-order valence-corrected chi connectivity index (χ1v) is 9.57. The number of fused-ring (bicyclic) bond motifs is 3. The average molecular weight is 436 g/mol. The zero-order chi connectivity index (χ0) is 36.7. The molecule has 0 amide bonds. The van der Waals surface area contributed by atoms with Crippen molar-refractivity contribution in [1.82, 2.24) is 4.90 Å². The Morgan fingerprint density at radius 2 is 2.17 bits per heavy atom. The minimum atomic E-state index is -3.85. The topological polar surface area (TPSA) is 74.0 Å². The molecule has 1 fully saturated rings. The smallest absolute Gasteiger partial charge is 0.323 e. The Labute approximate surface area is 204 Å². The van der Waals surface area contributed by atoms with Gasteiger partial charge in [-0.2, -0.15) is 0 Å². The number of carbonyl (C=O) groups is 1. The van der Waals surface area contributed by atoms with Crippen molar-refractivity contribution < 1.29 is 42.3 Å². The summed E-state index contributed by atoms with van der Waals surface area (Å²) in [4.78, 5) is 14.5. The number of ether oxygens (including phenoxy) is 3. The van der Waals surface area contributed by atoms with E-state index in [0.717, 1.165) is 12.0 Å². The number of nitrogens with two attached hydrogens (primary N) is 1. The number of benzene rings is 1. The molecule has 0 aromatic heterocycles. The van der Waals surface area contributed by atoms with Crippen LogP contribution in [0, 0.1) is 17.7 Å². The van der Waals surface area contributed by atoms with Crippen LogP contribution in [0.25, 0.3) is 0 Å². The van der Waals surface area contributed by atoms with Gasteiger partial charge >= 0.3 is 5.97 Å². The Hall–Kier alpha value is -1.79. The predicted octanol–water partition coefficient (Wildman–Crippen LogP) is 3.56. The van der Waals surface area contributed by atoms with Crippen molar-refractivity contribution in [2.45, 2.75) is 64.9 Å². The van der Waals surface area contributed by atoms with Crippen LogP contribution >= 0.6 is 0 Å². The summed E-state index contributed by atoms with van der Waals surface area (Å²) in [5.74, 6) is -8.08. The van der Waals surface area contributed by atoms with Crippen LogP contribution < -0.4 is 15.2 Å². The first kappa shape index (κ1) is 9.37. The van der Waals surface area contributed by atoms with Crippen molar-refractivity contribution in [2.24, 2.45) is 23.5 Å². The standard InChI is InChI=1S/C24H38N2O4/c1-14(2)9-17-13-26-8-7-16-10-21(28-5)22(29-6)11-18(16)19(26)12-20(17)30-24(27)23(25)15(3)4/h10-11,14-15,17,19-20,23H,7-9,12-13,25H2,1-6H3/t17?,19?,20?,23-/m0/s1/i3D3,4D3,6D3,7D2,8D2,10D,11D,15D,23D. The Morgan fingerprint density at radius 1 is 1.40 bits per heavy atom. The molecule has 1 aromatic carbocycles. The van der Waals surface area contributed by atoms with Crippen LogP contribution in [-0.2, 0) is 15.9 Å². The number of nitrogens with zero attached hydrogens (tertiary/aromatic N) is 1. The van der Waals surface area contributed by atoms with Crippen LogP contribution in [0.15, 0.2) is 12.1 Å². The number of esters is 1. The van der Waals surface area contributed by atoms with E-state index in [1.165, 1.54) is 0 Å². The highest BCUT2D eigenvalue weighted by molar-refractivity contribution is 5.76. The van der Waals surface area contributed by atoms with E-state index in [9.17, 15) is 4.79 Å². The molecular formula is C24H38N2O4. The minimum Gasteiger partial charge on any atom is -0.493 e. The van der Waals surface area contributed by atoms with Crippen molar-refractivity contribution in [3.8, 4) is 11.5 Å². The first-order chi connectivity index (χ1) is 20.9. The third-order valence-electron chi connectivity index (χ3n) is 5.24. The lowest BCUT2D eigenvalue weighted by Crippen LogP contribution is -2.51. The van der Waals surface area contributed by atoms with Gasteiger partial charge in [0.1, 0.15) is 12.1 Å². The summed E-state index contributed by atoms with van der Waals surface area (Å²) >= 11 is 0. The lowest BCUT2D eigenvalue weighted by atomic mass is 9.79. The number of piperidine rings is 1. The molecule has 30 heavy (non-hydrogen) atoms. The third kappa shape index (κ3) is 4.75. The van der Waals surface area contributed by atoms with E-state index in [-0.39, 0.29) is 24.4 Å². The SMILES string of the molecule is [2H]c1c(OC([2H])([2H])[2H])c(OC)c([2H])c2c1C1CC(OC(=O)[C@@]([2H])(N)C([2H])(C([2H])([2H])[2H])C([2H])([2H])[2H])C(CC(C)C)CN1C([2H])([2H])C2([2H])[2H]. The molecule has 4 atom stereocenters. The van der Waals surface area contributed by atoms with Gasteiger partial charge in [0.15, 0.2) is 11.5 Å². The molecule has 2 aliphatic heterocycles. The summed E-state index contributed by atoms with van der Waals surface area (Å²) in [7, 11) is -2.12. The molecule has 0 saturated carbocycles. The molecule has 0 spiro atoms. The van der Waals surface area contributed by atoms with Gasteiger partial charge in [-0.15, -0.1) is 0 Å². The fourth-order valence-corrected chi connectivity index (χ4v) is 3.88. The van der Waals surface area contributed by atoms with Crippen LogP contribution in [-0.4, -0.2) is 50.2 Å². The molecule has 3 unspecified atom stereocenters. The van der Waals surface area contributed by atoms with Crippen molar-refractivity contribution in [1.29, 1.82) is 0 Å². The van der Waals surface area contributed by atoms with Crippen molar-refractivity contribution in [3.05, 3.63) is 23.2 Å². The maximum atomic E-state index is 13.5. The second-order valence-electron chi connectivity index (χ2n) is 7.77. The number of methoxy groups -OCH3 is 2. The third-order valence-corrected chi connectivity index (χ3v) is 5.24. The maximum absolute atomic E-state index is 13.5. The van der Waals surface area contributed by atoms with Gasteiger partial charge in [-0.1, -0.05) is 27.6 Å². The molecule has 0 bridgehead atoms. The van der Waals surface area contributed by atoms with Gasteiger partial charge in [0.05, 0.1) is 22.4 Å². The fraction of sp³-hybridized carbons (Fsp3) is 0.708. The number of hydrogen-bond acceptors (Lipinski definition) is 6. The van der Waals surface area contributed by atoms with E-state index < -0.39 is 105 Å². The van der Waals surface area contributed by atoms with Gasteiger partial charge in [-0.3, -0.25) is 9.69 Å². The second-order valence-corrected chi connectivity index (χ2v) is 7.77. The van der Waals surface area contributed by atoms with Crippen LogP contribution in [0.5, 0.6) is 11.5 Å². The van der Waals surface area contributed by atoms with E-state index in [1.54, 1.807) is 13.8 Å². The monoisotopic (exact) mass is 435 g/mol. The van der Waals surface area contributed by atoms with Gasteiger partial charge in [0.2, 0.25) is 0 Å². The number of rotatable bonds is 7. The Morgan fingerprint density at radius 3 is 2.83 bits per heavy atom. The van der Waals surface area contributed by atoms with E-state index >= 15 is 0 Å². The molecule has 6 nitrogen and oxygen atoms in total. The predicted molar refractivity (Wildman–Crippen MR) is 118 cm³/mol. The molecule has 2 heterocycles. The summed E-state index contributed by atoms with van der Waals surface area (Å²) in [5, 5.41) is 0. The van der Waals surface area contributed by atoms with Gasteiger partial charge in [0.25, 0.3) is 0 Å². The first-order valence-electron chi connectivity index (χ1n) is 18.1. The second kappa shape index (κ2) is 9.56. The highest BCUT2D eigenvalue weighted by atomic mass is 16.5. The molecular weight excluding hydrogens is 380 g/mol. The highest BCUT2D eigenvalue weighted by Crippen LogP contribution is 2.44. The van der Waals surface area contributed by atoms with Gasteiger partial charge < -0.3 is 19.9 Å². The van der Waals surface area contributed by atoms with E-state index in [1.807, 2.05) is 0 Å². The largest absolute Gasteiger partial charge is 0.493 e. The molecule has 168 valence electrons. The Bertz CT molecular complexity index is 1360. The van der Waals surface area contributed by atoms with Crippen LogP contribution in [0.2, 0.25) is 0 Å². The van der Waals surface area contributed by atoms with E-state index in [0.29, 0.717) is 0 Å². The summed E-state index contributed by atoms with van der Waals surface area (Å²) in [6.07, 6.45) is -4.65. The zero-order valence-electron chi connectivity index (χ0n) is 34.1. The number of carbonyl (C=O) groups excluding carboxylic acids is 1. The van der Waals surface area contributed by atoms with Crippen molar-refractivity contribution >= 4 is 5.97 Å². The molecule has 3 rings (SSSR count). The lowest BCUT2D eigenvalue weighted by molar-refractivity contribution is -0.160. The van der Waals surface area contributed by atoms with E-state index in [2.05, 4.69) is 0 Å². The Balaban J connectivity index is 2.27. The normalized spacial score (nSPS) is 39.2. The van der Waals surface area contributed by atoms with Gasteiger partial charge in [-0.05, 0) is 47.8 Å². The molecule has 6 heteroatoms. The molecule has 2 N–H and O–H groups in total. The van der Waals surface area contributed by atoms with Crippen LogP contribution in [0.4, 0.5) is 0 Å². The van der Waals surface area contributed by atoms with Crippen LogP contribution in [0.3, 0.4) is 0 Å². The van der Waals surface area contributed by atoms with Gasteiger partial charge in [0, 0.05) is 46.5 Å². The molecule has 0 aliphatic carbocycles. The quantitative estimate of drug-likeness (QED) is 0.660.